The van der Waals surface area contributed by atoms with Crippen LogP contribution in [0.3, 0.4) is 0 Å². The van der Waals surface area contributed by atoms with Gasteiger partial charge in [0.1, 0.15) is 7.57 Å². The SMILES string of the molecule is Brc1sc(Br)c2c1OCO2. The van der Waals surface area contributed by atoms with Gasteiger partial charge in [0.2, 0.25) is 6.79 Å². The number of hydrogen-bond acceptors (Lipinski definition) is 3. The molecule has 2 nitrogen and oxygen atoms in total. The largest absolute Gasteiger partial charge is 0.451 e. The van der Waals surface area contributed by atoms with Crippen molar-refractivity contribution in [1.82, 2.24) is 0 Å². The molecule has 54 valence electrons. The summed E-state index contributed by atoms with van der Waals surface area (Å²) in [5.41, 5.74) is 0. The monoisotopic (exact) mass is 284 g/mol. The molecule has 1 aromatic heterocycles. The van der Waals surface area contributed by atoms with Crippen LogP contribution in [-0.2, 0) is 0 Å². The first-order chi connectivity index (χ1) is 4.79. The Balaban J connectivity index is 2.61. The van der Waals surface area contributed by atoms with E-state index in [1.807, 2.05) is 0 Å². The third kappa shape index (κ3) is 0.879. The van der Waals surface area contributed by atoms with Crippen molar-refractivity contribution in [2.45, 2.75) is 0 Å². The Bertz CT molecular complexity index is 246. The van der Waals surface area contributed by atoms with E-state index in [0.717, 1.165) is 19.1 Å². The van der Waals surface area contributed by atoms with Crippen LogP contribution in [0.15, 0.2) is 7.57 Å². The maximum absolute atomic E-state index is 5.16. The minimum Gasteiger partial charge on any atom is -0.451 e. The summed E-state index contributed by atoms with van der Waals surface area (Å²) in [6, 6.07) is 0. The molecule has 10 heavy (non-hydrogen) atoms. The summed E-state index contributed by atoms with van der Waals surface area (Å²) in [6.45, 7) is 0.329. The first-order valence-electron chi connectivity index (χ1n) is 2.52. The van der Waals surface area contributed by atoms with Crippen molar-refractivity contribution < 1.29 is 9.47 Å². The van der Waals surface area contributed by atoms with E-state index in [2.05, 4.69) is 31.9 Å². The highest BCUT2D eigenvalue weighted by molar-refractivity contribution is 9.12. The normalized spacial score (nSPS) is 14.2. The summed E-state index contributed by atoms with van der Waals surface area (Å²) in [4.78, 5) is 0. The molecule has 0 bridgehead atoms. The zero-order valence-electron chi connectivity index (χ0n) is 4.69. The van der Waals surface area contributed by atoms with Crippen LogP contribution in [0.2, 0.25) is 0 Å². The van der Waals surface area contributed by atoms with Crippen LogP contribution in [0.5, 0.6) is 11.5 Å². The lowest BCUT2D eigenvalue weighted by Gasteiger charge is -1.89. The lowest BCUT2D eigenvalue weighted by molar-refractivity contribution is 0.173. The number of ether oxygens (including phenoxy) is 2. The first kappa shape index (κ1) is 6.94. The topological polar surface area (TPSA) is 18.5 Å². The number of fused-ring (bicyclic) bond motifs is 1. The van der Waals surface area contributed by atoms with Gasteiger partial charge in [-0.3, -0.25) is 0 Å². The highest BCUT2D eigenvalue weighted by Gasteiger charge is 2.23. The lowest BCUT2D eigenvalue weighted by atomic mass is 10.6. The van der Waals surface area contributed by atoms with Gasteiger partial charge in [-0.25, -0.2) is 0 Å². The molecule has 1 aromatic rings. The smallest absolute Gasteiger partial charge is 0.231 e. The highest BCUT2D eigenvalue weighted by atomic mass is 79.9. The standard InChI is InChI=1S/C5H2Br2O2S/c6-4-2-3(5(7)10-4)9-1-8-2/h1H2. The Kier molecular flexibility index (Phi) is 1.66. The molecular weight excluding hydrogens is 284 g/mol. The highest BCUT2D eigenvalue weighted by Crippen LogP contribution is 2.50. The van der Waals surface area contributed by atoms with Crippen LogP contribution in [-0.4, -0.2) is 6.79 Å². The number of halogens is 2. The number of hydrogen-bond donors (Lipinski definition) is 0. The molecule has 1 aliphatic rings. The Hall–Kier alpha value is 0.260. The van der Waals surface area contributed by atoms with E-state index < -0.39 is 0 Å². The van der Waals surface area contributed by atoms with Crippen LogP contribution < -0.4 is 9.47 Å². The molecule has 0 spiro atoms. The summed E-state index contributed by atoms with van der Waals surface area (Å²) in [5.74, 6) is 1.63. The minimum absolute atomic E-state index is 0.329. The molecule has 0 saturated carbocycles. The number of rotatable bonds is 0. The quantitative estimate of drug-likeness (QED) is 0.730. The van der Waals surface area contributed by atoms with Crippen LogP contribution in [0, 0.1) is 0 Å². The second kappa shape index (κ2) is 2.39. The van der Waals surface area contributed by atoms with Crippen molar-refractivity contribution in [2.75, 3.05) is 6.79 Å². The molecule has 0 saturated heterocycles. The zero-order valence-corrected chi connectivity index (χ0v) is 8.68. The second-order valence-electron chi connectivity index (χ2n) is 1.71. The molecule has 2 heterocycles. The fourth-order valence-corrected chi connectivity index (χ4v) is 3.60. The van der Waals surface area contributed by atoms with Gasteiger partial charge in [0.15, 0.2) is 11.5 Å². The first-order valence-corrected chi connectivity index (χ1v) is 4.92. The summed E-state index contributed by atoms with van der Waals surface area (Å²) in [5, 5.41) is 0. The van der Waals surface area contributed by atoms with Crippen molar-refractivity contribution in [2.24, 2.45) is 0 Å². The molecule has 1 aliphatic heterocycles. The Morgan fingerprint density at radius 1 is 1.10 bits per heavy atom. The predicted octanol–water partition coefficient (Wildman–Crippen LogP) is 3.00. The van der Waals surface area contributed by atoms with Crippen LogP contribution in [0.25, 0.3) is 0 Å². The van der Waals surface area contributed by atoms with Gasteiger partial charge in [-0.1, -0.05) is 0 Å². The average molecular weight is 286 g/mol. The Morgan fingerprint density at radius 3 is 2.10 bits per heavy atom. The molecule has 0 aliphatic carbocycles. The van der Waals surface area contributed by atoms with Crippen LogP contribution >= 0.6 is 43.2 Å². The van der Waals surface area contributed by atoms with Crippen molar-refractivity contribution in [1.29, 1.82) is 0 Å². The fourth-order valence-electron chi connectivity index (χ4n) is 0.742. The van der Waals surface area contributed by atoms with Crippen LogP contribution in [0.4, 0.5) is 0 Å². The van der Waals surface area contributed by atoms with Crippen molar-refractivity contribution in [3.63, 3.8) is 0 Å². The lowest BCUT2D eigenvalue weighted by Crippen LogP contribution is -1.94. The van der Waals surface area contributed by atoms with E-state index in [1.54, 1.807) is 11.3 Å². The predicted molar refractivity (Wildman–Crippen MR) is 45.8 cm³/mol. The molecule has 0 unspecified atom stereocenters. The second-order valence-corrected chi connectivity index (χ2v) is 5.37. The zero-order chi connectivity index (χ0) is 7.14. The van der Waals surface area contributed by atoms with Gasteiger partial charge >= 0.3 is 0 Å². The van der Waals surface area contributed by atoms with Gasteiger partial charge in [0, 0.05) is 0 Å². The van der Waals surface area contributed by atoms with Gasteiger partial charge in [-0.05, 0) is 31.9 Å². The molecule has 0 fully saturated rings. The molecule has 0 atom stereocenters. The molecule has 2 rings (SSSR count). The van der Waals surface area contributed by atoms with Crippen molar-refractivity contribution in [3.05, 3.63) is 7.57 Å². The van der Waals surface area contributed by atoms with Crippen molar-refractivity contribution in [3.8, 4) is 11.5 Å². The van der Waals surface area contributed by atoms with E-state index in [1.165, 1.54) is 0 Å². The van der Waals surface area contributed by atoms with Crippen LogP contribution in [0.1, 0.15) is 0 Å². The maximum Gasteiger partial charge on any atom is 0.231 e. The molecular formula is C5H2Br2O2S. The van der Waals surface area contributed by atoms with E-state index in [-0.39, 0.29) is 0 Å². The molecule has 0 aromatic carbocycles. The van der Waals surface area contributed by atoms with E-state index in [0.29, 0.717) is 6.79 Å². The summed E-state index contributed by atoms with van der Waals surface area (Å²) in [6.07, 6.45) is 0. The number of thiophene rings is 1. The van der Waals surface area contributed by atoms with Gasteiger partial charge < -0.3 is 9.47 Å². The van der Waals surface area contributed by atoms with E-state index in [4.69, 9.17) is 9.47 Å². The summed E-state index contributed by atoms with van der Waals surface area (Å²) < 4.78 is 12.3. The van der Waals surface area contributed by atoms with E-state index in [9.17, 15) is 0 Å². The third-order valence-electron chi connectivity index (χ3n) is 1.15. The Morgan fingerprint density at radius 2 is 1.60 bits per heavy atom. The van der Waals surface area contributed by atoms with Crippen molar-refractivity contribution >= 4 is 43.2 Å². The summed E-state index contributed by atoms with van der Waals surface area (Å²) >= 11 is 8.26. The fraction of sp³-hybridized carbons (Fsp3) is 0.200. The van der Waals surface area contributed by atoms with E-state index >= 15 is 0 Å². The molecule has 0 amide bonds. The molecule has 5 heteroatoms. The average Bonchev–Trinajstić information content (AvgIpc) is 2.39. The minimum atomic E-state index is 0.329. The third-order valence-corrected chi connectivity index (χ3v) is 3.57. The Labute approximate surface area is 78.4 Å². The van der Waals surface area contributed by atoms with Gasteiger partial charge in [-0.15, -0.1) is 11.3 Å². The molecule has 0 N–H and O–H groups in total. The van der Waals surface area contributed by atoms with Gasteiger partial charge in [-0.2, -0.15) is 0 Å². The summed E-state index contributed by atoms with van der Waals surface area (Å²) in [7, 11) is 0. The van der Waals surface area contributed by atoms with Gasteiger partial charge in [0.05, 0.1) is 0 Å². The van der Waals surface area contributed by atoms with Gasteiger partial charge in [0.25, 0.3) is 0 Å². The maximum atomic E-state index is 5.16. The molecule has 0 radical (unpaired) electrons.